The fourth-order valence-electron chi connectivity index (χ4n) is 2.67. The maximum Gasteiger partial charge on any atom is 0.273 e. The Morgan fingerprint density at radius 1 is 1.21 bits per heavy atom. The molecule has 0 atom stereocenters. The summed E-state index contributed by atoms with van der Waals surface area (Å²) < 4.78 is 7.00. The average molecular weight is 329 g/mol. The van der Waals surface area contributed by atoms with Crippen molar-refractivity contribution >= 4 is 5.91 Å². The minimum atomic E-state index is -0.170. The number of morpholine rings is 1. The molecule has 3 rings (SSSR count). The number of benzene rings is 1. The summed E-state index contributed by atoms with van der Waals surface area (Å²) in [5, 5.41) is 10.9. The standard InChI is InChI=1S/C17H23N5O2/c23-17(18-7-4-8-21-9-11-24-12-10-21)16-14-22(20-19-16)13-15-5-2-1-3-6-15/h1-3,5-6,14H,4,7-13H2,(H,18,23). The maximum absolute atomic E-state index is 12.1. The molecule has 1 N–H and O–H groups in total. The van der Waals surface area contributed by atoms with Gasteiger partial charge in [-0.2, -0.15) is 0 Å². The highest BCUT2D eigenvalue weighted by molar-refractivity contribution is 5.91. The first-order chi connectivity index (χ1) is 11.8. The molecule has 1 amide bonds. The highest BCUT2D eigenvalue weighted by Gasteiger charge is 2.12. The van der Waals surface area contributed by atoms with E-state index in [1.54, 1.807) is 10.9 Å². The third kappa shape index (κ3) is 4.87. The third-order valence-corrected chi connectivity index (χ3v) is 4.00. The minimum Gasteiger partial charge on any atom is -0.379 e. The number of ether oxygens (including phenoxy) is 1. The molecule has 1 aromatic carbocycles. The van der Waals surface area contributed by atoms with Crippen LogP contribution in [0, 0.1) is 0 Å². The van der Waals surface area contributed by atoms with E-state index in [0.717, 1.165) is 44.8 Å². The van der Waals surface area contributed by atoms with E-state index < -0.39 is 0 Å². The van der Waals surface area contributed by atoms with Crippen molar-refractivity contribution in [3.8, 4) is 0 Å². The van der Waals surface area contributed by atoms with Gasteiger partial charge in [-0.05, 0) is 18.5 Å². The second-order valence-corrected chi connectivity index (χ2v) is 5.85. The van der Waals surface area contributed by atoms with E-state index in [0.29, 0.717) is 18.8 Å². The summed E-state index contributed by atoms with van der Waals surface area (Å²) in [4.78, 5) is 14.5. The van der Waals surface area contributed by atoms with Gasteiger partial charge in [-0.15, -0.1) is 5.10 Å². The Labute approximate surface area is 141 Å². The third-order valence-electron chi connectivity index (χ3n) is 4.00. The number of rotatable bonds is 7. The van der Waals surface area contributed by atoms with Crippen molar-refractivity contribution in [2.24, 2.45) is 0 Å². The summed E-state index contributed by atoms with van der Waals surface area (Å²) >= 11 is 0. The molecular weight excluding hydrogens is 306 g/mol. The lowest BCUT2D eigenvalue weighted by molar-refractivity contribution is 0.0374. The number of amides is 1. The molecule has 0 spiro atoms. The fraction of sp³-hybridized carbons (Fsp3) is 0.471. The number of nitrogens with zero attached hydrogens (tertiary/aromatic N) is 4. The van der Waals surface area contributed by atoms with Crippen molar-refractivity contribution in [3.63, 3.8) is 0 Å². The molecule has 0 bridgehead atoms. The zero-order valence-electron chi connectivity index (χ0n) is 13.7. The number of hydrogen-bond donors (Lipinski definition) is 1. The Morgan fingerprint density at radius 3 is 2.79 bits per heavy atom. The average Bonchev–Trinajstić information content (AvgIpc) is 3.09. The Morgan fingerprint density at radius 2 is 2.00 bits per heavy atom. The maximum atomic E-state index is 12.1. The molecule has 1 aromatic heterocycles. The molecule has 0 radical (unpaired) electrons. The van der Waals surface area contributed by atoms with Crippen LogP contribution in [0.1, 0.15) is 22.5 Å². The van der Waals surface area contributed by atoms with Gasteiger partial charge in [0.05, 0.1) is 26.0 Å². The number of carbonyl (C=O) groups excluding carboxylic acids is 1. The van der Waals surface area contributed by atoms with Crippen LogP contribution in [0.25, 0.3) is 0 Å². The lowest BCUT2D eigenvalue weighted by Crippen LogP contribution is -2.38. The summed E-state index contributed by atoms with van der Waals surface area (Å²) in [6.45, 7) is 5.78. The van der Waals surface area contributed by atoms with Crippen LogP contribution in [0.5, 0.6) is 0 Å². The van der Waals surface area contributed by atoms with E-state index in [1.807, 2.05) is 30.3 Å². The lowest BCUT2D eigenvalue weighted by atomic mass is 10.2. The van der Waals surface area contributed by atoms with E-state index in [4.69, 9.17) is 4.74 Å². The van der Waals surface area contributed by atoms with E-state index in [9.17, 15) is 4.79 Å². The van der Waals surface area contributed by atoms with Crippen LogP contribution >= 0.6 is 0 Å². The second-order valence-electron chi connectivity index (χ2n) is 5.85. The van der Waals surface area contributed by atoms with Crippen molar-refractivity contribution in [2.75, 3.05) is 39.4 Å². The quantitative estimate of drug-likeness (QED) is 0.760. The van der Waals surface area contributed by atoms with Gasteiger partial charge in [0, 0.05) is 19.6 Å². The molecule has 2 aromatic rings. The zero-order chi connectivity index (χ0) is 16.6. The van der Waals surface area contributed by atoms with Crippen molar-refractivity contribution < 1.29 is 9.53 Å². The van der Waals surface area contributed by atoms with Crippen molar-refractivity contribution in [1.82, 2.24) is 25.2 Å². The predicted octanol–water partition coefficient (Wildman–Crippen LogP) is 0.778. The van der Waals surface area contributed by atoms with Crippen LogP contribution in [0.2, 0.25) is 0 Å². The van der Waals surface area contributed by atoms with Crippen molar-refractivity contribution in [1.29, 1.82) is 0 Å². The molecule has 1 aliphatic heterocycles. The van der Waals surface area contributed by atoms with Crippen molar-refractivity contribution in [2.45, 2.75) is 13.0 Å². The molecule has 7 heteroatoms. The van der Waals surface area contributed by atoms with Crippen LogP contribution in [-0.4, -0.2) is 65.2 Å². The van der Waals surface area contributed by atoms with Crippen LogP contribution in [0.4, 0.5) is 0 Å². The monoisotopic (exact) mass is 329 g/mol. The summed E-state index contributed by atoms with van der Waals surface area (Å²) in [7, 11) is 0. The second kappa shape index (κ2) is 8.56. The first-order valence-electron chi connectivity index (χ1n) is 8.33. The molecule has 128 valence electrons. The van der Waals surface area contributed by atoms with Gasteiger partial charge < -0.3 is 10.1 Å². The SMILES string of the molecule is O=C(NCCCN1CCOCC1)c1cn(Cc2ccccc2)nn1. The van der Waals surface area contributed by atoms with Gasteiger partial charge in [-0.3, -0.25) is 9.69 Å². The van der Waals surface area contributed by atoms with E-state index in [2.05, 4.69) is 20.5 Å². The van der Waals surface area contributed by atoms with E-state index in [-0.39, 0.29) is 5.91 Å². The predicted molar refractivity (Wildman–Crippen MR) is 89.8 cm³/mol. The van der Waals surface area contributed by atoms with E-state index >= 15 is 0 Å². The Hall–Kier alpha value is -2.25. The molecule has 0 aliphatic carbocycles. The van der Waals surface area contributed by atoms with E-state index in [1.165, 1.54) is 0 Å². The number of hydrogen-bond acceptors (Lipinski definition) is 5. The van der Waals surface area contributed by atoms with Gasteiger partial charge in [0.2, 0.25) is 0 Å². The number of carbonyl (C=O) groups is 1. The summed E-state index contributed by atoms with van der Waals surface area (Å²) in [5.41, 5.74) is 1.48. The van der Waals surface area contributed by atoms with Crippen LogP contribution < -0.4 is 5.32 Å². The lowest BCUT2D eigenvalue weighted by Gasteiger charge is -2.26. The van der Waals surface area contributed by atoms with Gasteiger partial charge in [0.15, 0.2) is 5.69 Å². The smallest absolute Gasteiger partial charge is 0.273 e. The highest BCUT2D eigenvalue weighted by Crippen LogP contribution is 2.02. The van der Waals surface area contributed by atoms with Crippen LogP contribution in [0.3, 0.4) is 0 Å². The van der Waals surface area contributed by atoms with Gasteiger partial charge in [-0.1, -0.05) is 35.5 Å². The molecule has 1 aliphatic rings. The first-order valence-corrected chi connectivity index (χ1v) is 8.33. The van der Waals surface area contributed by atoms with Crippen LogP contribution in [0.15, 0.2) is 36.5 Å². The first kappa shape index (κ1) is 16.6. The van der Waals surface area contributed by atoms with Gasteiger partial charge in [0.25, 0.3) is 5.91 Å². The normalized spacial score (nSPS) is 15.3. The molecule has 24 heavy (non-hydrogen) atoms. The largest absolute Gasteiger partial charge is 0.379 e. The summed E-state index contributed by atoms with van der Waals surface area (Å²) in [6, 6.07) is 9.98. The molecule has 0 unspecified atom stereocenters. The summed E-state index contributed by atoms with van der Waals surface area (Å²) in [5.74, 6) is -0.170. The summed E-state index contributed by atoms with van der Waals surface area (Å²) in [6.07, 6.45) is 2.61. The molecule has 0 saturated carbocycles. The highest BCUT2D eigenvalue weighted by atomic mass is 16.5. The Kier molecular flexibility index (Phi) is 5.92. The molecule has 7 nitrogen and oxygen atoms in total. The van der Waals surface area contributed by atoms with Crippen molar-refractivity contribution in [3.05, 3.63) is 47.8 Å². The number of aromatic nitrogens is 3. The van der Waals surface area contributed by atoms with Gasteiger partial charge in [0.1, 0.15) is 0 Å². The molecule has 1 fully saturated rings. The van der Waals surface area contributed by atoms with Gasteiger partial charge in [-0.25, -0.2) is 4.68 Å². The van der Waals surface area contributed by atoms with Crippen LogP contribution in [-0.2, 0) is 11.3 Å². The Bertz CT molecular complexity index is 637. The fourth-order valence-corrected chi connectivity index (χ4v) is 2.67. The minimum absolute atomic E-state index is 0.170. The number of nitrogens with one attached hydrogen (secondary N) is 1. The molecular formula is C17H23N5O2. The molecule has 1 saturated heterocycles. The molecule has 2 heterocycles. The Balaban J connectivity index is 1.40. The topological polar surface area (TPSA) is 72.3 Å². The zero-order valence-corrected chi connectivity index (χ0v) is 13.7. The van der Waals surface area contributed by atoms with Gasteiger partial charge >= 0.3 is 0 Å².